The summed E-state index contributed by atoms with van der Waals surface area (Å²) >= 11 is 0. The zero-order valence-corrected chi connectivity index (χ0v) is 23.1. The third-order valence-electron chi connectivity index (χ3n) is 9.36. The summed E-state index contributed by atoms with van der Waals surface area (Å²) in [5, 5.41) is 13.3. The molecule has 2 nitrogen and oxygen atoms in total. The van der Waals surface area contributed by atoms with Crippen LogP contribution in [0.3, 0.4) is 0 Å². The lowest BCUT2D eigenvalue weighted by molar-refractivity contribution is 1.01. The number of fused-ring (bicyclic) bond motifs is 12. The van der Waals surface area contributed by atoms with Crippen LogP contribution in [0.15, 0.2) is 121 Å². The molecule has 0 aliphatic carbocycles. The fraction of sp³-hybridized carbons (Fsp3) is 0.0769. The predicted molar refractivity (Wildman–Crippen MR) is 176 cm³/mol. The molecule has 194 valence electrons. The number of hydrogen-bond donors (Lipinski definition) is 0. The van der Waals surface area contributed by atoms with Crippen molar-refractivity contribution in [2.24, 2.45) is 14.1 Å². The van der Waals surface area contributed by atoms with Crippen LogP contribution in [0.2, 0.25) is 0 Å². The maximum absolute atomic E-state index is 2.42. The van der Waals surface area contributed by atoms with Gasteiger partial charge in [0.25, 0.3) is 0 Å². The Morgan fingerprint density at radius 2 is 0.976 bits per heavy atom. The zero-order valence-electron chi connectivity index (χ0n) is 23.1. The third-order valence-corrected chi connectivity index (χ3v) is 9.36. The Bertz CT molecular complexity index is 2520. The molecule has 2 heterocycles. The van der Waals surface area contributed by atoms with Crippen molar-refractivity contribution in [1.82, 2.24) is 9.13 Å². The van der Waals surface area contributed by atoms with Crippen molar-refractivity contribution < 1.29 is 0 Å². The summed E-state index contributed by atoms with van der Waals surface area (Å²) in [6.07, 6.45) is 0.894. The highest BCUT2D eigenvalue weighted by molar-refractivity contribution is 6.28. The summed E-state index contributed by atoms with van der Waals surface area (Å²) in [7, 11) is 4.38. The Morgan fingerprint density at radius 1 is 0.415 bits per heavy atom. The molecule has 0 atom stereocenters. The molecule has 0 aliphatic rings. The second-order valence-corrected chi connectivity index (χ2v) is 11.5. The highest BCUT2D eigenvalue weighted by Gasteiger charge is 2.16. The second-order valence-electron chi connectivity index (χ2n) is 11.5. The standard InChI is InChI=1S/C39H28N2/c1-40-33-18-14-24(23-32(33)37-29-11-5-3-8-25(29)15-19-34(37)40)22-27-10-7-13-31-28(27)17-21-36-39(31)38-30-12-6-4-9-26(30)16-20-35(38)41(36)2/h3-21,23H,22H2,1-2H3. The first-order valence-electron chi connectivity index (χ1n) is 14.4. The number of rotatable bonds is 2. The molecule has 0 saturated heterocycles. The molecule has 9 aromatic rings. The van der Waals surface area contributed by atoms with Gasteiger partial charge in [-0.2, -0.15) is 0 Å². The van der Waals surface area contributed by atoms with E-state index in [9.17, 15) is 0 Å². The average Bonchev–Trinajstić information content (AvgIpc) is 3.48. The normalized spacial score (nSPS) is 12.2. The molecule has 7 aromatic carbocycles. The Morgan fingerprint density at radius 3 is 1.73 bits per heavy atom. The lowest BCUT2D eigenvalue weighted by Gasteiger charge is -2.10. The van der Waals surface area contributed by atoms with Crippen LogP contribution in [-0.4, -0.2) is 9.13 Å². The van der Waals surface area contributed by atoms with E-state index in [2.05, 4.69) is 145 Å². The van der Waals surface area contributed by atoms with Gasteiger partial charge in [0.05, 0.1) is 0 Å². The number of nitrogens with zero attached hydrogens (tertiary/aromatic N) is 2. The Labute approximate surface area is 237 Å². The van der Waals surface area contributed by atoms with Crippen LogP contribution in [0.25, 0.3) is 75.9 Å². The number of aromatic nitrogens is 2. The summed E-state index contributed by atoms with van der Waals surface area (Å²) in [4.78, 5) is 0. The van der Waals surface area contributed by atoms with Crippen LogP contribution >= 0.6 is 0 Å². The van der Waals surface area contributed by atoms with Crippen molar-refractivity contribution in [3.63, 3.8) is 0 Å². The molecule has 0 N–H and O–H groups in total. The molecule has 0 aliphatic heterocycles. The van der Waals surface area contributed by atoms with E-state index in [1.807, 2.05) is 0 Å². The van der Waals surface area contributed by atoms with Crippen LogP contribution in [-0.2, 0) is 20.5 Å². The van der Waals surface area contributed by atoms with Crippen molar-refractivity contribution in [3.8, 4) is 0 Å². The van der Waals surface area contributed by atoms with Gasteiger partial charge in [-0.3, -0.25) is 0 Å². The van der Waals surface area contributed by atoms with E-state index in [1.54, 1.807) is 0 Å². The largest absolute Gasteiger partial charge is 0.344 e. The smallest absolute Gasteiger partial charge is 0.0495 e. The molecular weight excluding hydrogens is 496 g/mol. The predicted octanol–water partition coefficient (Wildman–Crippen LogP) is 10.0. The zero-order chi connectivity index (χ0) is 27.2. The maximum Gasteiger partial charge on any atom is 0.0495 e. The third kappa shape index (κ3) is 3.08. The molecule has 0 unspecified atom stereocenters. The van der Waals surface area contributed by atoms with Crippen LogP contribution < -0.4 is 0 Å². The topological polar surface area (TPSA) is 9.86 Å². The quantitative estimate of drug-likeness (QED) is 0.213. The van der Waals surface area contributed by atoms with Crippen molar-refractivity contribution in [1.29, 1.82) is 0 Å². The van der Waals surface area contributed by atoms with E-state index in [-0.39, 0.29) is 0 Å². The molecule has 2 heteroatoms. The van der Waals surface area contributed by atoms with Crippen LogP contribution in [0, 0.1) is 0 Å². The molecule has 0 bridgehead atoms. The minimum atomic E-state index is 0.894. The van der Waals surface area contributed by atoms with Gasteiger partial charge in [0.2, 0.25) is 0 Å². The van der Waals surface area contributed by atoms with E-state index in [0.717, 1.165) is 6.42 Å². The first kappa shape index (κ1) is 22.7. The van der Waals surface area contributed by atoms with Gasteiger partial charge < -0.3 is 9.13 Å². The summed E-state index contributed by atoms with van der Waals surface area (Å²) in [6.45, 7) is 0. The van der Waals surface area contributed by atoms with E-state index in [4.69, 9.17) is 0 Å². The molecule has 0 saturated carbocycles. The second kappa shape index (κ2) is 8.22. The average molecular weight is 525 g/mol. The summed E-state index contributed by atoms with van der Waals surface area (Å²) in [5.74, 6) is 0. The molecular formula is C39H28N2. The van der Waals surface area contributed by atoms with Crippen molar-refractivity contribution in [3.05, 3.63) is 132 Å². The van der Waals surface area contributed by atoms with E-state index >= 15 is 0 Å². The minimum absolute atomic E-state index is 0.894. The molecule has 0 radical (unpaired) electrons. The lowest BCUT2D eigenvalue weighted by Crippen LogP contribution is -1.92. The van der Waals surface area contributed by atoms with Gasteiger partial charge in [-0.15, -0.1) is 0 Å². The Hall–Kier alpha value is -5.08. The fourth-order valence-corrected chi connectivity index (χ4v) is 7.40. The van der Waals surface area contributed by atoms with E-state index < -0.39 is 0 Å². The van der Waals surface area contributed by atoms with Crippen LogP contribution in [0.1, 0.15) is 11.1 Å². The maximum atomic E-state index is 2.42. The van der Waals surface area contributed by atoms with Gasteiger partial charge in [0.15, 0.2) is 0 Å². The Balaban J connectivity index is 1.28. The van der Waals surface area contributed by atoms with E-state index in [0.29, 0.717) is 0 Å². The summed E-state index contributed by atoms with van der Waals surface area (Å²) in [5.41, 5.74) is 7.84. The minimum Gasteiger partial charge on any atom is -0.344 e. The van der Waals surface area contributed by atoms with Crippen LogP contribution in [0.5, 0.6) is 0 Å². The number of hydrogen-bond acceptors (Lipinski definition) is 0. The number of benzene rings is 7. The van der Waals surface area contributed by atoms with Gasteiger partial charge in [-0.05, 0) is 80.2 Å². The monoisotopic (exact) mass is 524 g/mol. The molecule has 0 fully saturated rings. The van der Waals surface area contributed by atoms with Gasteiger partial charge in [0.1, 0.15) is 0 Å². The lowest BCUT2D eigenvalue weighted by atomic mass is 9.94. The fourth-order valence-electron chi connectivity index (χ4n) is 7.40. The van der Waals surface area contributed by atoms with Gasteiger partial charge >= 0.3 is 0 Å². The summed E-state index contributed by atoms with van der Waals surface area (Å²) in [6, 6.07) is 45.1. The molecule has 41 heavy (non-hydrogen) atoms. The van der Waals surface area contributed by atoms with Gasteiger partial charge in [-0.25, -0.2) is 0 Å². The molecule has 0 amide bonds. The van der Waals surface area contributed by atoms with Crippen molar-refractivity contribution in [2.45, 2.75) is 6.42 Å². The summed E-state index contributed by atoms with van der Waals surface area (Å²) < 4.78 is 4.68. The molecule has 2 aromatic heterocycles. The molecule has 0 spiro atoms. The van der Waals surface area contributed by atoms with Crippen molar-refractivity contribution in [2.75, 3.05) is 0 Å². The first-order chi connectivity index (χ1) is 20.2. The SMILES string of the molecule is Cn1c2ccc(Cc3cccc4c3ccc3c4c4c5ccccc5ccc4n3C)cc2c2c3ccccc3ccc21. The highest BCUT2D eigenvalue weighted by atomic mass is 14.9. The highest BCUT2D eigenvalue weighted by Crippen LogP contribution is 2.40. The first-order valence-corrected chi connectivity index (χ1v) is 14.4. The van der Waals surface area contributed by atoms with E-state index in [1.165, 1.54) is 87.1 Å². The van der Waals surface area contributed by atoms with Gasteiger partial charge in [-0.1, -0.05) is 91.0 Å². The van der Waals surface area contributed by atoms with Crippen molar-refractivity contribution >= 4 is 75.9 Å². The Kier molecular flexibility index (Phi) is 4.55. The van der Waals surface area contributed by atoms with Crippen LogP contribution in [0.4, 0.5) is 0 Å². The molecule has 9 rings (SSSR count). The van der Waals surface area contributed by atoms with Gasteiger partial charge in [0, 0.05) is 57.7 Å². The number of aryl methyl sites for hydroxylation is 2.